The number of carbonyl (C=O) groups is 1. The number of alkyl halides is 1. The standard InChI is InChI=1S/C13H17FO3/c1-8(12(16)17)7-9-5-4-6-10(11(9)15)13(2,3)14/h4-6,8,15H,7H2,1-3H3,(H,16,17). The predicted octanol–water partition coefficient (Wildman–Crippen LogP) is 2.86. The minimum atomic E-state index is -1.65. The average Bonchev–Trinajstić information content (AvgIpc) is 2.19. The lowest BCUT2D eigenvalue weighted by atomic mass is 9.93. The molecule has 1 aromatic rings. The van der Waals surface area contributed by atoms with Crippen LogP contribution < -0.4 is 0 Å². The van der Waals surface area contributed by atoms with Crippen LogP contribution in [0.5, 0.6) is 5.75 Å². The van der Waals surface area contributed by atoms with Crippen molar-refractivity contribution in [3.05, 3.63) is 29.3 Å². The van der Waals surface area contributed by atoms with E-state index in [1.165, 1.54) is 19.9 Å². The van der Waals surface area contributed by atoms with Crippen LogP contribution in [0.4, 0.5) is 4.39 Å². The van der Waals surface area contributed by atoms with Gasteiger partial charge in [0.2, 0.25) is 0 Å². The summed E-state index contributed by atoms with van der Waals surface area (Å²) in [6, 6.07) is 4.74. The normalized spacial score (nSPS) is 13.4. The van der Waals surface area contributed by atoms with Crippen molar-refractivity contribution < 1.29 is 19.4 Å². The second-order valence-electron chi connectivity index (χ2n) is 4.73. The lowest BCUT2D eigenvalue weighted by Crippen LogP contribution is -2.14. The first-order chi connectivity index (χ1) is 7.73. The lowest BCUT2D eigenvalue weighted by molar-refractivity contribution is -0.141. The zero-order chi connectivity index (χ0) is 13.2. The van der Waals surface area contributed by atoms with Gasteiger partial charge in [0.1, 0.15) is 11.4 Å². The Kier molecular flexibility index (Phi) is 3.76. The molecule has 94 valence electrons. The minimum absolute atomic E-state index is 0.145. The van der Waals surface area contributed by atoms with Crippen molar-refractivity contribution in [2.24, 2.45) is 5.92 Å². The second-order valence-corrected chi connectivity index (χ2v) is 4.73. The number of hydrogen-bond donors (Lipinski definition) is 2. The van der Waals surface area contributed by atoms with Gasteiger partial charge in [0.25, 0.3) is 0 Å². The van der Waals surface area contributed by atoms with Gasteiger partial charge in [0.15, 0.2) is 0 Å². The molecule has 1 aromatic carbocycles. The summed E-state index contributed by atoms with van der Waals surface area (Å²) < 4.78 is 13.8. The van der Waals surface area contributed by atoms with E-state index in [2.05, 4.69) is 0 Å². The number of benzene rings is 1. The Hall–Kier alpha value is -1.58. The molecule has 0 radical (unpaired) electrons. The number of hydrogen-bond acceptors (Lipinski definition) is 2. The lowest BCUT2D eigenvalue weighted by Gasteiger charge is -2.18. The SMILES string of the molecule is CC(Cc1cccc(C(C)(C)F)c1O)C(=O)O. The molecule has 0 aliphatic heterocycles. The van der Waals surface area contributed by atoms with E-state index in [4.69, 9.17) is 5.11 Å². The van der Waals surface area contributed by atoms with Gasteiger partial charge in [-0.1, -0.05) is 25.1 Å². The summed E-state index contributed by atoms with van der Waals surface area (Å²) in [4.78, 5) is 10.7. The van der Waals surface area contributed by atoms with Crippen LogP contribution in [0.1, 0.15) is 31.9 Å². The molecule has 0 amide bonds. The van der Waals surface area contributed by atoms with Crippen LogP contribution in [0.25, 0.3) is 0 Å². The molecule has 0 aliphatic carbocycles. The zero-order valence-electron chi connectivity index (χ0n) is 10.2. The number of halogens is 1. The van der Waals surface area contributed by atoms with Gasteiger partial charge in [-0.05, 0) is 25.8 Å². The molecule has 0 saturated heterocycles. The number of phenolic OH excluding ortho intramolecular Hbond substituents is 1. The highest BCUT2D eigenvalue weighted by atomic mass is 19.1. The van der Waals surface area contributed by atoms with Crippen LogP contribution >= 0.6 is 0 Å². The predicted molar refractivity (Wildman–Crippen MR) is 62.7 cm³/mol. The maximum absolute atomic E-state index is 13.8. The summed E-state index contributed by atoms with van der Waals surface area (Å²) in [5.74, 6) is -1.69. The van der Waals surface area contributed by atoms with Gasteiger partial charge in [0, 0.05) is 5.56 Å². The second kappa shape index (κ2) is 4.73. The molecule has 17 heavy (non-hydrogen) atoms. The van der Waals surface area contributed by atoms with Gasteiger partial charge in [-0.25, -0.2) is 4.39 Å². The van der Waals surface area contributed by atoms with Gasteiger partial charge in [-0.2, -0.15) is 0 Å². The Morgan fingerprint density at radius 1 is 1.47 bits per heavy atom. The van der Waals surface area contributed by atoms with E-state index in [0.717, 1.165) is 0 Å². The van der Waals surface area contributed by atoms with Gasteiger partial charge in [-0.3, -0.25) is 4.79 Å². The molecule has 0 spiro atoms. The van der Waals surface area contributed by atoms with E-state index >= 15 is 0 Å². The van der Waals surface area contributed by atoms with Crippen LogP contribution in [0.3, 0.4) is 0 Å². The molecular formula is C13H17FO3. The monoisotopic (exact) mass is 240 g/mol. The minimum Gasteiger partial charge on any atom is -0.507 e. The van der Waals surface area contributed by atoms with Gasteiger partial charge < -0.3 is 10.2 Å². The third-order valence-electron chi connectivity index (χ3n) is 2.71. The summed E-state index contributed by atoms with van der Waals surface area (Å²) in [5.41, 5.74) is -0.997. The van der Waals surface area contributed by atoms with E-state index in [-0.39, 0.29) is 17.7 Å². The molecule has 1 rings (SSSR count). The van der Waals surface area contributed by atoms with Crippen LogP contribution in [0.2, 0.25) is 0 Å². The molecule has 0 bridgehead atoms. The number of aliphatic carboxylic acids is 1. The summed E-state index contributed by atoms with van der Waals surface area (Å²) in [6.07, 6.45) is 0.186. The van der Waals surface area contributed by atoms with Crippen molar-refractivity contribution in [1.29, 1.82) is 0 Å². The number of aromatic hydroxyl groups is 1. The van der Waals surface area contributed by atoms with Crippen LogP contribution in [-0.2, 0) is 16.9 Å². The highest BCUT2D eigenvalue weighted by molar-refractivity contribution is 5.70. The molecule has 0 fully saturated rings. The van der Waals surface area contributed by atoms with E-state index in [1.807, 2.05) is 0 Å². The number of carboxylic acid groups (broad SMARTS) is 1. The first-order valence-corrected chi connectivity index (χ1v) is 5.46. The molecule has 2 N–H and O–H groups in total. The first kappa shape index (κ1) is 13.5. The molecule has 1 atom stereocenters. The van der Waals surface area contributed by atoms with Crippen LogP contribution in [0, 0.1) is 5.92 Å². The van der Waals surface area contributed by atoms with E-state index in [1.54, 1.807) is 19.1 Å². The molecule has 0 aromatic heterocycles. The third kappa shape index (κ3) is 3.19. The smallest absolute Gasteiger partial charge is 0.306 e. The fourth-order valence-corrected chi connectivity index (χ4v) is 1.65. The van der Waals surface area contributed by atoms with Crippen LogP contribution in [-0.4, -0.2) is 16.2 Å². The van der Waals surface area contributed by atoms with Gasteiger partial charge >= 0.3 is 5.97 Å². The van der Waals surface area contributed by atoms with Crippen molar-refractivity contribution >= 4 is 5.97 Å². The quantitative estimate of drug-likeness (QED) is 0.850. The van der Waals surface area contributed by atoms with E-state index in [0.29, 0.717) is 5.56 Å². The topological polar surface area (TPSA) is 57.5 Å². The summed E-state index contributed by atoms with van der Waals surface area (Å²) in [5, 5.41) is 18.7. The maximum atomic E-state index is 13.8. The van der Waals surface area contributed by atoms with Gasteiger partial charge in [-0.15, -0.1) is 0 Å². The Balaban J connectivity index is 3.07. The molecule has 0 saturated carbocycles. The number of phenols is 1. The van der Waals surface area contributed by atoms with Crippen molar-refractivity contribution in [3.8, 4) is 5.75 Å². The maximum Gasteiger partial charge on any atom is 0.306 e. The van der Waals surface area contributed by atoms with Crippen molar-refractivity contribution in [1.82, 2.24) is 0 Å². The molecular weight excluding hydrogens is 223 g/mol. The van der Waals surface area contributed by atoms with Crippen molar-refractivity contribution in [2.45, 2.75) is 32.9 Å². The Labute approximate surface area is 99.9 Å². The van der Waals surface area contributed by atoms with Crippen molar-refractivity contribution in [3.63, 3.8) is 0 Å². The summed E-state index contributed by atoms with van der Waals surface area (Å²) >= 11 is 0. The number of rotatable bonds is 4. The molecule has 3 nitrogen and oxygen atoms in total. The van der Waals surface area contributed by atoms with Gasteiger partial charge in [0.05, 0.1) is 5.92 Å². The Bertz CT molecular complexity index is 421. The fourth-order valence-electron chi connectivity index (χ4n) is 1.65. The van der Waals surface area contributed by atoms with Crippen LogP contribution in [0.15, 0.2) is 18.2 Å². The first-order valence-electron chi connectivity index (χ1n) is 5.46. The zero-order valence-corrected chi connectivity index (χ0v) is 10.2. The highest BCUT2D eigenvalue weighted by Gasteiger charge is 2.25. The number of carboxylic acids is 1. The molecule has 0 aliphatic rings. The largest absolute Gasteiger partial charge is 0.507 e. The highest BCUT2D eigenvalue weighted by Crippen LogP contribution is 2.35. The van der Waals surface area contributed by atoms with Crippen molar-refractivity contribution in [2.75, 3.05) is 0 Å². The van der Waals surface area contributed by atoms with E-state index in [9.17, 15) is 14.3 Å². The number of para-hydroxylation sites is 1. The molecule has 0 heterocycles. The summed E-state index contributed by atoms with van der Waals surface area (Å²) in [6.45, 7) is 4.26. The summed E-state index contributed by atoms with van der Waals surface area (Å²) in [7, 11) is 0. The third-order valence-corrected chi connectivity index (χ3v) is 2.71. The van der Waals surface area contributed by atoms with E-state index < -0.39 is 17.6 Å². The average molecular weight is 240 g/mol. The molecule has 1 unspecified atom stereocenters. The Morgan fingerprint density at radius 2 is 2.06 bits per heavy atom. The fraction of sp³-hybridized carbons (Fsp3) is 0.462. The Morgan fingerprint density at radius 3 is 2.53 bits per heavy atom. The molecule has 4 heteroatoms.